The molecule has 0 saturated carbocycles. The molecule has 0 aromatic heterocycles. The average molecular weight is 216 g/mol. The van der Waals surface area contributed by atoms with E-state index in [1.165, 1.54) is 4.90 Å². The van der Waals surface area contributed by atoms with Gasteiger partial charge in [-0.15, -0.1) is 11.6 Å². The second-order valence-electron chi connectivity index (χ2n) is 3.54. The highest BCUT2D eigenvalue weighted by molar-refractivity contribution is 6.18. The van der Waals surface area contributed by atoms with Crippen molar-refractivity contribution >= 4 is 23.4 Å². The summed E-state index contributed by atoms with van der Waals surface area (Å²) < 4.78 is 0. The molecule has 1 aliphatic heterocycles. The Bertz CT molecular complexity index is 245. The summed E-state index contributed by atoms with van der Waals surface area (Å²) in [5.74, 6) is 0.441. The van der Waals surface area contributed by atoms with Gasteiger partial charge >= 0.3 is 0 Å². The van der Waals surface area contributed by atoms with Crippen LogP contribution in [-0.2, 0) is 9.59 Å². The minimum absolute atomic E-state index is 0.0760. The van der Waals surface area contributed by atoms with Gasteiger partial charge < -0.3 is 0 Å². The molecule has 1 heterocycles. The lowest BCUT2D eigenvalue weighted by atomic mass is 9.98. The Morgan fingerprint density at radius 2 is 1.93 bits per heavy atom. The molecule has 1 saturated heterocycles. The van der Waals surface area contributed by atoms with E-state index in [0.29, 0.717) is 25.3 Å². The summed E-state index contributed by atoms with van der Waals surface area (Å²) in [4.78, 5) is 24.2. The molecule has 0 spiro atoms. The summed E-state index contributed by atoms with van der Waals surface area (Å²) in [6.07, 6.45) is 4.43. The number of nitrogens with zero attached hydrogens (tertiary/aromatic N) is 1. The normalized spacial score (nSPS) is 19.7. The fourth-order valence-corrected chi connectivity index (χ4v) is 1.60. The Labute approximate surface area is 88.7 Å². The summed E-state index contributed by atoms with van der Waals surface area (Å²) in [5, 5.41) is 0. The van der Waals surface area contributed by atoms with Gasteiger partial charge in [-0.3, -0.25) is 14.5 Å². The van der Waals surface area contributed by atoms with Gasteiger partial charge in [-0.2, -0.15) is 0 Å². The summed E-state index contributed by atoms with van der Waals surface area (Å²) in [5.41, 5.74) is 0. The number of alkyl halides is 1. The van der Waals surface area contributed by atoms with E-state index in [0.717, 1.165) is 0 Å². The summed E-state index contributed by atoms with van der Waals surface area (Å²) >= 11 is 5.44. The molecule has 0 bridgehead atoms. The van der Waals surface area contributed by atoms with E-state index >= 15 is 0 Å². The van der Waals surface area contributed by atoms with Gasteiger partial charge in [-0.05, 0) is 5.92 Å². The highest BCUT2D eigenvalue weighted by atomic mass is 35.5. The van der Waals surface area contributed by atoms with Crippen LogP contribution in [0.4, 0.5) is 0 Å². The Morgan fingerprint density at radius 3 is 2.43 bits per heavy atom. The molecule has 14 heavy (non-hydrogen) atoms. The van der Waals surface area contributed by atoms with E-state index in [4.69, 9.17) is 11.6 Å². The minimum Gasteiger partial charge on any atom is -0.279 e. The van der Waals surface area contributed by atoms with Gasteiger partial charge in [0.2, 0.25) is 11.8 Å². The fraction of sp³-hybridized carbons (Fsp3) is 0.600. The molecule has 0 unspecified atom stereocenters. The van der Waals surface area contributed by atoms with E-state index in [-0.39, 0.29) is 17.7 Å². The first-order chi connectivity index (χ1) is 6.65. The molecule has 2 amide bonds. The summed E-state index contributed by atoms with van der Waals surface area (Å²) in [6, 6.07) is 0. The smallest absolute Gasteiger partial charge is 0.229 e. The lowest BCUT2D eigenvalue weighted by molar-refractivity contribution is -0.148. The largest absolute Gasteiger partial charge is 0.279 e. The lowest BCUT2D eigenvalue weighted by Gasteiger charge is -2.27. The zero-order valence-corrected chi connectivity index (χ0v) is 8.96. The first kappa shape index (κ1) is 11.2. The van der Waals surface area contributed by atoms with Gasteiger partial charge in [0.05, 0.1) is 0 Å². The molecule has 0 radical (unpaired) electrons. The van der Waals surface area contributed by atoms with Crippen molar-refractivity contribution < 1.29 is 9.59 Å². The van der Waals surface area contributed by atoms with Crippen molar-refractivity contribution in [3.05, 3.63) is 12.2 Å². The van der Waals surface area contributed by atoms with Crippen molar-refractivity contribution in [3.63, 3.8) is 0 Å². The zero-order chi connectivity index (χ0) is 10.6. The molecule has 0 aliphatic carbocycles. The first-order valence-corrected chi connectivity index (χ1v) is 5.22. The number of piperidine rings is 1. The van der Waals surface area contributed by atoms with Gasteiger partial charge in [0.25, 0.3) is 0 Å². The van der Waals surface area contributed by atoms with Crippen molar-refractivity contribution in [2.45, 2.75) is 19.8 Å². The molecule has 0 N–H and O–H groups in total. The van der Waals surface area contributed by atoms with Crippen molar-refractivity contribution in [3.8, 4) is 0 Å². The number of carbonyl (C=O) groups is 2. The number of hydrogen-bond donors (Lipinski definition) is 0. The SMILES string of the molecule is CC1CC(=O)N(CC=CCCl)C(=O)C1. The monoisotopic (exact) mass is 215 g/mol. The number of likely N-dealkylation sites (tertiary alicyclic amines) is 1. The van der Waals surface area contributed by atoms with E-state index in [9.17, 15) is 9.59 Å². The third-order valence-electron chi connectivity index (χ3n) is 2.19. The average Bonchev–Trinajstić information content (AvgIpc) is 2.09. The van der Waals surface area contributed by atoms with Crippen LogP contribution >= 0.6 is 11.6 Å². The highest BCUT2D eigenvalue weighted by Crippen LogP contribution is 2.18. The van der Waals surface area contributed by atoms with E-state index in [1.54, 1.807) is 12.2 Å². The Morgan fingerprint density at radius 1 is 1.36 bits per heavy atom. The van der Waals surface area contributed by atoms with Crippen molar-refractivity contribution in [2.24, 2.45) is 5.92 Å². The molecule has 1 aliphatic rings. The Kier molecular flexibility index (Phi) is 4.14. The van der Waals surface area contributed by atoms with Gasteiger partial charge in [-0.1, -0.05) is 19.1 Å². The second kappa shape index (κ2) is 5.15. The van der Waals surface area contributed by atoms with Crippen molar-refractivity contribution in [1.29, 1.82) is 0 Å². The fourth-order valence-electron chi connectivity index (χ4n) is 1.47. The standard InChI is InChI=1S/C10H14ClNO2/c1-8-6-9(13)12(10(14)7-8)5-3-2-4-11/h2-3,8H,4-7H2,1H3. The third kappa shape index (κ3) is 2.84. The lowest BCUT2D eigenvalue weighted by Crippen LogP contribution is -2.42. The van der Waals surface area contributed by atoms with Crippen LogP contribution in [0.2, 0.25) is 0 Å². The van der Waals surface area contributed by atoms with Crippen LogP contribution in [-0.4, -0.2) is 29.1 Å². The molecular weight excluding hydrogens is 202 g/mol. The van der Waals surface area contributed by atoms with E-state index < -0.39 is 0 Å². The third-order valence-corrected chi connectivity index (χ3v) is 2.37. The van der Waals surface area contributed by atoms with Gasteiger partial charge in [-0.25, -0.2) is 0 Å². The predicted octanol–water partition coefficient (Wildman–Crippen LogP) is 1.57. The highest BCUT2D eigenvalue weighted by Gasteiger charge is 2.28. The molecule has 0 aromatic carbocycles. The summed E-state index contributed by atoms with van der Waals surface area (Å²) in [6.45, 7) is 2.28. The van der Waals surface area contributed by atoms with Gasteiger partial charge in [0.1, 0.15) is 0 Å². The van der Waals surface area contributed by atoms with Crippen LogP contribution in [0.5, 0.6) is 0 Å². The minimum atomic E-state index is -0.0760. The quantitative estimate of drug-likeness (QED) is 0.407. The maximum absolute atomic E-state index is 11.4. The van der Waals surface area contributed by atoms with Crippen LogP contribution in [0.25, 0.3) is 0 Å². The Balaban J connectivity index is 2.54. The maximum Gasteiger partial charge on any atom is 0.229 e. The molecule has 1 fully saturated rings. The number of imide groups is 1. The summed E-state index contributed by atoms with van der Waals surface area (Å²) in [7, 11) is 0. The molecule has 0 aromatic rings. The second-order valence-corrected chi connectivity index (χ2v) is 3.85. The molecule has 78 valence electrons. The zero-order valence-electron chi connectivity index (χ0n) is 8.20. The van der Waals surface area contributed by atoms with Crippen LogP contribution in [0, 0.1) is 5.92 Å². The molecule has 4 heteroatoms. The van der Waals surface area contributed by atoms with Crippen molar-refractivity contribution in [2.75, 3.05) is 12.4 Å². The number of rotatable bonds is 3. The molecule has 3 nitrogen and oxygen atoms in total. The number of hydrogen-bond acceptors (Lipinski definition) is 2. The van der Waals surface area contributed by atoms with Crippen LogP contribution < -0.4 is 0 Å². The van der Waals surface area contributed by atoms with Crippen LogP contribution in [0.15, 0.2) is 12.2 Å². The topological polar surface area (TPSA) is 37.4 Å². The first-order valence-electron chi connectivity index (χ1n) is 4.69. The number of halogens is 1. The number of allylic oxidation sites excluding steroid dienone is 1. The molecular formula is C10H14ClNO2. The van der Waals surface area contributed by atoms with Crippen molar-refractivity contribution in [1.82, 2.24) is 4.90 Å². The molecule has 1 rings (SSSR count). The molecule has 0 atom stereocenters. The van der Waals surface area contributed by atoms with E-state index in [1.807, 2.05) is 6.92 Å². The van der Waals surface area contributed by atoms with Crippen LogP contribution in [0.1, 0.15) is 19.8 Å². The van der Waals surface area contributed by atoms with Crippen LogP contribution in [0.3, 0.4) is 0 Å². The number of amides is 2. The van der Waals surface area contributed by atoms with Gasteiger partial charge in [0, 0.05) is 25.3 Å². The maximum atomic E-state index is 11.4. The van der Waals surface area contributed by atoms with E-state index in [2.05, 4.69) is 0 Å². The van der Waals surface area contributed by atoms with Gasteiger partial charge in [0.15, 0.2) is 0 Å². The Hall–Kier alpha value is -0.830. The predicted molar refractivity (Wildman–Crippen MR) is 55.0 cm³/mol. The number of carbonyl (C=O) groups excluding carboxylic acids is 2.